The molecule has 0 aliphatic carbocycles. The van der Waals surface area contributed by atoms with Gasteiger partial charge in [-0.2, -0.15) is 0 Å². The molecule has 0 unspecified atom stereocenters. The Bertz CT molecular complexity index is 113. The van der Waals surface area contributed by atoms with Gasteiger partial charge in [-0.3, -0.25) is 14.4 Å². The standard InChI is InChI=1S/3C3H7NO.Ta/c3*1-2-4-3-5;/h3*3H,2H2,1H3,(H,4,5);. The predicted octanol–water partition coefficient (Wildman–Crippen LogP) is -0.746. The molecule has 0 aliphatic rings. The molecule has 1 radical (unpaired) electrons. The van der Waals surface area contributed by atoms with E-state index in [-0.39, 0.29) is 22.4 Å². The van der Waals surface area contributed by atoms with Crippen molar-refractivity contribution in [1.29, 1.82) is 0 Å². The minimum Gasteiger partial charge on any atom is -0.359 e. The van der Waals surface area contributed by atoms with Gasteiger partial charge in [0, 0.05) is 42.0 Å². The zero-order valence-corrected chi connectivity index (χ0v) is 13.2. The summed E-state index contributed by atoms with van der Waals surface area (Å²) in [6.45, 7) is 7.79. The Hall–Kier alpha value is -0.850. The van der Waals surface area contributed by atoms with Gasteiger partial charge in [0.1, 0.15) is 0 Å². The molecular formula is C9H21N3O3Ta. The quantitative estimate of drug-likeness (QED) is 0.513. The van der Waals surface area contributed by atoms with Gasteiger partial charge in [-0.25, -0.2) is 0 Å². The summed E-state index contributed by atoms with van der Waals surface area (Å²) in [5, 5.41) is 7.29. The van der Waals surface area contributed by atoms with E-state index >= 15 is 0 Å². The molecule has 6 nitrogen and oxygen atoms in total. The Morgan fingerprint density at radius 1 is 0.688 bits per heavy atom. The van der Waals surface area contributed by atoms with E-state index in [9.17, 15) is 14.4 Å². The van der Waals surface area contributed by atoms with Crippen LogP contribution in [0, 0.1) is 0 Å². The van der Waals surface area contributed by atoms with Crippen LogP contribution in [0.1, 0.15) is 20.8 Å². The first kappa shape index (κ1) is 24.4. The predicted molar refractivity (Wildman–Crippen MR) is 59.2 cm³/mol. The average molecular weight is 400 g/mol. The van der Waals surface area contributed by atoms with Gasteiger partial charge in [-0.15, -0.1) is 0 Å². The number of carbonyl (C=O) groups is 3. The number of carbonyl (C=O) groups excluding carboxylic acids is 3. The maximum absolute atomic E-state index is 9.29. The van der Waals surface area contributed by atoms with Crippen molar-refractivity contribution in [2.75, 3.05) is 19.6 Å². The monoisotopic (exact) mass is 400 g/mol. The molecule has 0 fully saturated rings. The van der Waals surface area contributed by atoms with Gasteiger partial charge < -0.3 is 16.0 Å². The van der Waals surface area contributed by atoms with Crippen LogP contribution in [0.5, 0.6) is 0 Å². The maximum Gasteiger partial charge on any atom is 0.207 e. The van der Waals surface area contributed by atoms with Gasteiger partial charge in [0.05, 0.1) is 0 Å². The molecule has 0 rings (SSSR count). The van der Waals surface area contributed by atoms with Gasteiger partial charge in [-0.1, -0.05) is 0 Å². The van der Waals surface area contributed by atoms with Gasteiger partial charge in [0.25, 0.3) is 0 Å². The second kappa shape index (κ2) is 36.8. The topological polar surface area (TPSA) is 87.3 Å². The number of amides is 3. The fraction of sp³-hybridized carbons (Fsp3) is 0.667. The van der Waals surface area contributed by atoms with E-state index in [0.717, 1.165) is 19.6 Å². The second-order valence-electron chi connectivity index (χ2n) is 2.03. The van der Waals surface area contributed by atoms with E-state index < -0.39 is 0 Å². The minimum atomic E-state index is 0. The first-order chi connectivity index (χ1) is 7.24. The molecule has 0 saturated heterocycles. The van der Waals surface area contributed by atoms with Crippen LogP contribution < -0.4 is 16.0 Å². The van der Waals surface area contributed by atoms with Crippen LogP contribution in [-0.2, 0) is 36.8 Å². The normalized spacial score (nSPS) is 6.19. The number of rotatable bonds is 6. The smallest absolute Gasteiger partial charge is 0.207 e. The number of hydrogen-bond donors (Lipinski definition) is 3. The van der Waals surface area contributed by atoms with Crippen molar-refractivity contribution in [1.82, 2.24) is 16.0 Å². The van der Waals surface area contributed by atoms with Crippen molar-refractivity contribution < 1.29 is 36.8 Å². The molecule has 3 amide bonds. The third-order valence-corrected chi connectivity index (χ3v) is 0.862. The second-order valence-corrected chi connectivity index (χ2v) is 2.03. The first-order valence-electron chi connectivity index (χ1n) is 4.76. The molecule has 0 saturated carbocycles. The van der Waals surface area contributed by atoms with Crippen molar-refractivity contribution >= 4 is 19.2 Å². The zero-order valence-electron chi connectivity index (χ0n) is 10.0. The third-order valence-electron chi connectivity index (χ3n) is 0.862. The van der Waals surface area contributed by atoms with E-state index in [2.05, 4.69) is 16.0 Å². The minimum absolute atomic E-state index is 0. The van der Waals surface area contributed by atoms with Crippen molar-refractivity contribution in [3.63, 3.8) is 0 Å². The Kier molecular flexibility index (Phi) is 56.2. The molecule has 0 aliphatic heterocycles. The Morgan fingerprint density at radius 3 is 0.875 bits per heavy atom. The molecule has 3 N–H and O–H groups in total. The van der Waals surface area contributed by atoms with Gasteiger partial charge in [0.15, 0.2) is 0 Å². The third kappa shape index (κ3) is 73.2. The molecule has 0 atom stereocenters. The first-order valence-corrected chi connectivity index (χ1v) is 4.76. The van der Waals surface area contributed by atoms with Crippen molar-refractivity contribution in [2.24, 2.45) is 0 Å². The van der Waals surface area contributed by atoms with Crippen LogP contribution in [0.4, 0.5) is 0 Å². The molecule has 0 heterocycles. The molecule has 0 bridgehead atoms. The van der Waals surface area contributed by atoms with Gasteiger partial charge >= 0.3 is 0 Å². The summed E-state index contributed by atoms with van der Waals surface area (Å²) in [5.74, 6) is 0. The molecule has 7 heteroatoms. The number of nitrogens with one attached hydrogen (secondary N) is 3. The molecule has 0 spiro atoms. The Labute approximate surface area is 112 Å². The van der Waals surface area contributed by atoms with Crippen LogP contribution in [-0.4, -0.2) is 38.9 Å². The molecule has 16 heavy (non-hydrogen) atoms. The summed E-state index contributed by atoms with van der Waals surface area (Å²) < 4.78 is 0. The van der Waals surface area contributed by atoms with Crippen LogP contribution in [0.2, 0.25) is 0 Å². The van der Waals surface area contributed by atoms with Crippen molar-refractivity contribution in [3.8, 4) is 0 Å². The van der Waals surface area contributed by atoms with E-state index in [1.807, 2.05) is 20.8 Å². The molecule has 0 aromatic heterocycles. The van der Waals surface area contributed by atoms with Crippen LogP contribution in [0.15, 0.2) is 0 Å². The SMILES string of the molecule is CCNC=O.CCNC=O.CCNC=O.[Ta]. The molecule has 0 aromatic rings. The van der Waals surface area contributed by atoms with E-state index in [1.165, 1.54) is 0 Å². The zero-order chi connectivity index (χ0) is 12.4. The summed E-state index contributed by atoms with van der Waals surface area (Å²) >= 11 is 0. The Balaban J connectivity index is -0.0000000655. The van der Waals surface area contributed by atoms with Crippen LogP contribution in [0.3, 0.4) is 0 Å². The Morgan fingerprint density at radius 2 is 0.875 bits per heavy atom. The summed E-state index contributed by atoms with van der Waals surface area (Å²) in [6.07, 6.45) is 2.04. The van der Waals surface area contributed by atoms with Crippen molar-refractivity contribution in [3.05, 3.63) is 0 Å². The van der Waals surface area contributed by atoms with Gasteiger partial charge in [0.2, 0.25) is 19.2 Å². The van der Waals surface area contributed by atoms with Gasteiger partial charge in [-0.05, 0) is 20.8 Å². The summed E-state index contributed by atoms with van der Waals surface area (Å²) in [6, 6.07) is 0. The average Bonchev–Trinajstić information content (AvgIpc) is 2.23. The molecular weight excluding hydrogens is 379 g/mol. The van der Waals surface area contributed by atoms with E-state index in [0.29, 0.717) is 19.2 Å². The number of hydrogen-bond acceptors (Lipinski definition) is 3. The van der Waals surface area contributed by atoms with Crippen LogP contribution in [0.25, 0.3) is 0 Å². The van der Waals surface area contributed by atoms with E-state index in [4.69, 9.17) is 0 Å². The summed E-state index contributed by atoms with van der Waals surface area (Å²) in [5.41, 5.74) is 0. The fourth-order valence-corrected chi connectivity index (χ4v) is 0.250. The summed E-state index contributed by atoms with van der Waals surface area (Å²) in [4.78, 5) is 27.9. The largest absolute Gasteiger partial charge is 0.359 e. The van der Waals surface area contributed by atoms with Crippen LogP contribution >= 0.6 is 0 Å². The van der Waals surface area contributed by atoms with E-state index in [1.54, 1.807) is 0 Å². The molecule has 95 valence electrons. The summed E-state index contributed by atoms with van der Waals surface area (Å²) in [7, 11) is 0. The van der Waals surface area contributed by atoms with Crippen molar-refractivity contribution in [2.45, 2.75) is 20.8 Å². The maximum atomic E-state index is 9.29. The molecule has 0 aromatic carbocycles. The fourth-order valence-electron chi connectivity index (χ4n) is 0.250.